The molecule has 1 aliphatic rings. The van der Waals surface area contributed by atoms with E-state index in [4.69, 9.17) is 28.1 Å². The fourth-order valence-electron chi connectivity index (χ4n) is 4.18. The van der Waals surface area contributed by atoms with Crippen LogP contribution in [0.3, 0.4) is 0 Å². The Kier molecular flexibility index (Phi) is 6.31. The van der Waals surface area contributed by atoms with Crippen molar-refractivity contribution in [2.45, 2.75) is 13.8 Å². The zero-order chi connectivity index (χ0) is 26.1. The number of ketones is 1. The van der Waals surface area contributed by atoms with Crippen LogP contribution in [0.2, 0.25) is 0 Å². The highest BCUT2D eigenvalue weighted by Gasteiger charge is 2.29. The molecule has 0 atom stereocenters. The molecule has 1 aliphatic heterocycles. The third-order valence-electron chi connectivity index (χ3n) is 5.93. The smallest absolute Gasteiger partial charge is 0.347 e. The van der Waals surface area contributed by atoms with Crippen LogP contribution in [0.4, 0.5) is 0 Å². The molecule has 3 aromatic carbocycles. The van der Waals surface area contributed by atoms with Crippen LogP contribution >= 0.6 is 0 Å². The van der Waals surface area contributed by atoms with Gasteiger partial charge in [0.1, 0.15) is 45.7 Å². The summed E-state index contributed by atoms with van der Waals surface area (Å²) in [6, 6.07) is 15.2. The fraction of sp³-hybridized carbons (Fsp3) is 0.172. The number of aryl methyl sites for hydroxylation is 1. The number of carbonyl (C=O) groups excluding carboxylic acids is 2. The molecule has 4 aromatic rings. The molecular formula is C29H24O8. The molecule has 2 heterocycles. The summed E-state index contributed by atoms with van der Waals surface area (Å²) in [4.78, 5) is 26.0. The van der Waals surface area contributed by atoms with Gasteiger partial charge in [-0.25, -0.2) is 4.79 Å². The van der Waals surface area contributed by atoms with Crippen molar-refractivity contribution in [3.8, 4) is 28.7 Å². The Balaban J connectivity index is 1.40. The Morgan fingerprint density at radius 2 is 1.73 bits per heavy atom. The van der Waals surface area contributed by atoms with Crippen LogP contribution in [0.5, 0.6) is 28.7 Å². The topological polar surface area (TPSA) is 93.4 Å². The molecule has 0 saturated carbocycles. The Morgan fingerprint density at radius 1 is 0.946 bits per heavy atom. The Bertz CT molecular complexity index is 1560. The number of esters is 1. The second-order valence-corrected chi connectivity index (χ2v) is 8.22. The summed E-state index contributed by atoms with van der Waals surface area (Å²) < 4.78 is 33.4. The monoisotopic (exact) mass is 500 g/mol. The molecule has 37 heavy (non-hydrogen) atoms. The molecule has 0 radical (unpaired) electrons. The number of benzene rings is 3. The van der Waals surface area contributed by atoms with Gasteiger partial charge in [-0.3, -0.25) is 4.79 Å². The van der Waals surface area contributed by atoms with E-state index < -0.39 is 5.97 Å². The van der Waals surface area contributed by atoms with Gasteiger partial charge >= 0.3 is 5.97 Å². The van der Waals surface area contributed by atoms with E-state index in [-0.39, 0.29) is 17.3 Å². The molecule has 0 bridgehead atoms. The number of carbonyl (C=O) groups is 2. The summed E-state index contributed by atoms with van der Waals surface area (Å²) in [5.41, 5.74) is 1.88. The van der Waals surface area contributed by atoms with E-state index in [1.807, 2.05) is 6.92 Å². The highest BCUT2D eigenvalue weighted by atomic mass is 16.5. The number of fused-ring (bicyclic) bond motifs is 2. The zero-order valence-corrected chi connectivity index (χ0v) is 20.7. The SMILES string of the molecule is CCOc1ccc2oc(C)c(C(=O)Oc3ccc4c(c3)OC(=Cc3ccc(OC)cc3OC)C4=O)c2c1. The van der Waals surface area contributed by atoms with E-state index in [1.54, 1.807) is 68.6 Å². The number of rotatable bonds is 7. The maximum absolute atomic E-state index is 13.1. The number of methoxy groups -OCH3 is 2. The minimum atomic E-state index is -0.590. The summed E-state index contributed by atoms with van der Waals surface area (Å²) >= 11 is 0. The Hall–Kier alpha value is -4.72. The van der Waals surface area contributed by atoms with Crippen LogP contribution in [0.25, 0.3) is 17.0 Å². The number of hydrogen-bond donors (Lipinski definition) is 0. The lowest BCUT2D eigenvalue weighted by Gasteiger charge is -2.08. The third-order valence-corrected chi connectivity index (χ3v) is 5.93. The minimum Gasteiger partial charge on any atom is -0.497 e. The van der Waals surface area contributed by atoms with Gasteiger partial charge in [0.25, 0.3) is 0 Å². The summed E-state index contributed by atoms with van der Waals surface area (Å²) in [6.45, 7) is 4.08. The first-order valence-electron chi connectivity index (χ1n) is 11.6. The van der Waals surface area contributed by atoms with Crippen LogP contribution in [0.15, 0.2) is 64.8 Å². The molecule has 188 valence electrons. The van der Waals surface area contributed by atoms with Gasteiger partial charge in [-0.05, 0) is 62.4 Å². The molecule has 8 heteroatoms. The van der Waals surface area contributed by atoms with Crippen LogP contribution in [-0.2, 0) is 0 Å². The fourth-order valence-corrected chi connectivity index (χ4v) is 4.18. The standard InChI is InChI=1S/C29H24O8/c1-5-34-19-9-11-23-22(13-19)27(16(2)35-23)29(31)36-20-8-10-21-25(15-20)37-26(28(21)30)12-17-6-7-18(32-3)14-24(17)33-4/h6-15H,5H2,1-4H3. The molecule has 0 N–H and O–H groups in total. The van der Waals surface area contributed by atoms with E-state index in [1.165, 1.54) is 13.2 Å². The van der Waals surface area contributed by atoms with Crippen LogP contribution in [0, 0.1) is 6.92 Å². The van der Waals surface area contributed by atoms with Gasteiger partial charge in [0.15, 0.2) is 5.76 Å². The molecule has 0 spiro atoms. The van der Waals surface area contributed by atoms with Crippen molar-refractivity contribution in [1.82, 2.24) is 0 Å². The first-order valence-corrected chi connectivity index (χ1v) is 11.6. The molecule has 0 amide bonds. The second-order valence-electron chi connectivity index (χ2n) is 8.22. The predicted molar refractivity (Wildman–Crippen MR) is 136 cm³/mol. The average molecular weight is 501 g/mol. The van der Waals surface area contributed by atoms with Gasteiger partial charge in [-0.15, -0.1) is 0 Å². The molecule has 0 saturated heterocycles. The molecule has 5 rings (SSSR count). The van der Waals surface area contributed by atoms with Gasteiger partial charge in [0.05, 0.1) is 26.4 Å². The van der Waals surface area contributed by atoms with E-state index in [9.17, 15) is 9.59 Å². The summed E-state index contributed by atoms with van der Waals surface area (Å²) in [7, 11) is 3.10. The quantitative estimate of drug-likeness (QED) is 0.173. The van der Waals surface area contributed by atoms with E-state index in [0.29, 0.717) is 63.0 Å². The Morgan fingerprint density at radius 3 is 2.49 bits per heavy atom. The first-order chi connectivity index (χ1) is 17.9. The maximum atomic E-state index is 13.1. The predicted octanol–water partition coefficient (Wildman–Crippen LogP) is 5.99. The summed E-state index contributed by atoms with van der Waals surface area (Å²) in [6.07, 6.45) is 1.60. The second kappa shape index (κ2) is 9.73. The lowest BCUT2D eigenvalue weighted by molar-refractivity contribution is 0.0734. The maximum Gasteiger partial charge on any atom is 0.347 e. The van der Waals surface area contributed by atoms with Crippen molar-refractivity contribution in [3.05, 3.63) is 82.8 Å². The van der Waals surface area contributed by atoms with E-state index in [2.05, 4.69) is 0 Å². The van der Waals surface area contributed by atoms with Gasteiger partial charge < -0.3 is 28.1 Å². The summed E-state index contributed by atoms with van der Waals surface area (Å²) in [5, 5.41) is 0.597. The third kappa shape index (κ3) is 4.49. The highest BCUT2D eigenvalue weighted by molar-refractivity contribution is 6.14. The highest BCUT2D eigenvalue weighted by Crippen LogP contribution is 2.37. The minimum absolute atomic E-state index is 0.127. The van der Waals surface area contributed by atoms with Crippen molar-refractivity contribution >= 4 is 28.8 Å². The van der Waals surface area contributed by atoms with Gasteiger partial charge in [-0.1, -0.05) is 0 Å². The van der Waals surface area contributed by atoms with Crippen molar-refractivity contribution in [3.63, 3.8) is 0 Å². The summed E-state index contributed by atoms with van der Waals surface area (Å²) in [5.74, 6) is 1.99. The van der Waals surface area contributed by atoms with Crippen molar-refractivity contribution in [2.75, 3.05) is 20.8 Å². The molecule has 1 aromatic heterocycles. The lowest BCUT2D eigenvalue weighted by atomic mass is 10.1. The number of ether oxygens (including phenoxy) is 5. The largest absolute Gasteiger partial charge is 0.497 e. The van der Waals surface area contributed by atoms with Gasteiger partial charge in [0, 0.05) is 23.1 Å². The van der Waals surface area contributed by atoms with E-state index >= 15 is 0 Å². The van der Waals surface area contributed by atoms with Crippen molar-refractivity contribution in [2.24, 2.45) is 0 Å². The number of furan rings is 1. The Labute approximate surface area is 213 Å². The van der Waals surface area contributed by atoms with Gasteiger partial charge in [0.2, 0.25) is 5.78 Å². The van der Waals surface area contributed by atoms with Crippen LogP contribution in [0.1, 0.15) is 39.0 Å². The number of Topliss-reactive ketones (excluding diaryl/α,β-unsaturated/α-hetero) is 1. The number of hydrogen-bond acceptors (Lipinski definition) is 8. The van der Waals surface area contributed by atoms with Crippen LogP contribution < -0.4 is 23.7 Å². The van der Waals surface area contributed by atoms with Crippen LogP contribution in [-0.4, -0.2) is 32.6 Å². The molecule has 0 fully saturated rings. The lowest BCUT2D eigenvalue weighted by Crippen LogP contribution is -2.09. The average Bonchev–Trinajstić information content (AvgIpc) is 3.39. The molecule has 0 aliphatic carbocycles. The van der Waals surface area contributed by atoms with Crippen molar-refractivity contribution in [1.29, 1.82) is 0 Å². The molecular weight excluding hydrogens is 476 g/mol. The molecule has 8 nitrogen and oxygen atoms in total. The number of allylic oxidation sites excluding steroid dienone is 1. The molecule has 0 unspecified atom stereocenters. The zero-order valence-electron chi connectivity index (χ0n) is 20.7. The normalized spacial score (nSPS) is 13.4. The first kappa shape index (κ1) is 24.0. The van der Waals surface area contributed by atoms with Gasteiger partial charge in [-0.2, -0.15) is 0 Å². The van der Waals surface area contributed by atoms with E-state index in [0.717, 1.165) is 0 Å². The van der Waals surface area contributed by atoms with Crippen molar-refractivity contribution < 1.29 is 37.7 Å².